The molecular formula is C30H23BrN4O5S. The van der Waals surface area contributed by atoms with Gasteiger partial charge in [-0.05, 0) is 49.4 Å². The van der Waals surface area contributed by atoms with Crippen molar-refractivity contribution in [3.63, 3.8) is 0 Å². The van der Waals surface area contributed by atoms with Crippen molar-refractivity contribution in [2.75, 3.05) is 24.9 Å². The molecule has 0 bridgehead atoms. The lowest BCUT2D eigenvalue weighted by molar-refractivity contribution is -0.113. The Bertz CT molecular complexity index is 1960. The molecule has 1 atom stereocenters. The fraction of sp³-hybridized carbons (Fsp3) is 0.133. The highest BCUT2D eigenvalue weighted by Gasteiger charge is 2.36. The first-order chi connectivity index (χ1) is 19.8. The molecule has 3 heterocycles. The summed E-state index contributed by atoms with van der Waals surface area (Å²) in [6.07, 6.45) is 0. The van der Waals surface area contributed by atoms with Gasteiger partial charge in [0.15, 0.2) is 4.80 Å². The summed E-state index contributed by atoms with van der Waals surface area (Å²) < 4.78 is 13.6. The Labute approximate surface area is 246 Å². The van der Waals surface area contributed by atoms with Crippen LogP contribution in [0.5, 0.6) is 11.5 Å². The maximum atomic E-state index is 14.3. The zero-order chi connectivity index (χ0) is 28.8. The smallest absolute Gasteiger partial charge is 0.271 e. The number of hydrogen-bond acceptors (Lipinski definition) is 7. The van der Waals surface area contributed by atoms with Crippen molar-refractivity contribution in [3.8, 4) is 11.5 Å². The van der Waals surface area contributed by atoms with E-state index in [1.165, 1.54) is 11.7 Å². The van der Waals surface area contributed by atoms with Gasteiger partial charge in [0.1, 0.15) is 22.1 Å². The Hall–Kier alpha value is -4.48. The number of para-hydroxylation sites is 1. The minimum atomic E-state index is -0.892. The van der Waals surface area contributed by atoms with Gasteiger partial charge < -0.3 is 20.1 Å². The highest BCUT2D eigenvalue weighted by molar-refractivity contribution is 9.10. The van der Waals surface area contributed by atoms with Gasteiger partial charge in [-0.3, -0.25) is 19.0 Å². The molecule has 11 heteroatoms. The molecule has 0 aliphatic carbocycles. The molecule has 3 aromatic carbocycles. The van der Waals surface area contributed by atoms with Crippen LogP contribution in [0.2, 0.25) is 0 Å². The third kappa shape index (κ3) is 4.56. The number of rotatable bonds is 5. The molecule has 2 amide bonds. The van der Waals surface area contributed by atoms with Crippen molar-refractivity contribution in [2.45, 2.75) is 13.0 Å². The van der Waals surface area contributed by atoms with Crippen LogP contribution < -0.4 is 35.0 Å². The van der Waals surface area contributed by atoms with Gasteiger partial charge in [0, 0.05) is 33.0 Å². The standard InChI is InChI=1S/C30H23BrN4O5S/c1-15-23(27(36)33-17-7-5-4-6-8-17)25(19-11-10-18(39-2)14-22(19)40-3)35-29(38)26(41-30(35)32-15)24-20-13-16(31)9-12-21(20)34-28(24)37/h4-14,25H,1-3H3,(H,33,36)(H,34,37)/b26-24-/t25-/m1/s1. The molecule has 6 rings (SSSR count). The second-order valence-corrected chi connectivity index (χ2v) is 11.2. The number of thiazole rings is 1. The summed E-state index contributed by atoms with van der Waals surface area (Å²) in [7, 11) is 3.06. The monoisotopic (exact) mass is 630 g/mol. The Balaban J connectivity index is 1.62. The fourth-order valence-corrected chi connectivity index (χ4v) is 6.59. The summed E-state index contributed by atoms with van der Waals surface area (Å²) in [4.78, 5) is 46.3. The number of nitrogens with zero attached hydrogens (tertiary/aromatic N) is 2. The van der Waals surface area contributed by atoms with Crippen LogP contribution in [0.4, 0.5) is 11.4 Å². The lowest BCUT2D eigenvalue weighted by Gasteiger charge is -2.26. The van der Waals surface area contributed by atoms with E-state index in [1.807, 2.05) is 24.3 Å². The van der Waals surface area contributed by atoms with Crippen LogP contribution in [-0.4, -0.2) is 30.6 Å². The molecule has 0 saturated carbocycles. The SMILES string of the molecule is COc1ccc([C@@H]2C(C(=O)Nc3ccccc3)=C(C)N=c3s/c(=C4\C(=O)Nc5ccc(Br)cc54)c(=O)n32)c(OC)c1. The number of allylic oxidation sites excluding steroid dienone is 1. The molecule has 2 N–H and O–H groups in total. The molecule has 4 aromatic rings. The second-order valence-electron chi connectivity index (χ2n) is 9.35. The van der Waals surface area contributed by atoms with Crippen molar-refractivity contribution in [1.29, 1.82) is 0 Å². The van der Waals surface area contributed by atoms with E-state index in [-0.39, 0.29) is 21.6 Å². The fourth-order valence-electron chi connectivity index (χ4n) is 5.09. The van der Waals surface area contributed by atoms with E-state index in [1.54, 1.807) is 56.5 Å². The topological polar surface area (TPSA) is 111 Å². The minimum absolute atomic E-state index is 0.230. The van der Waals surface area contributed by atoms with Crippen LogP contribution in [0.15, 0.2) is 92.3 Å². The zero-order valence-corrected chi connectivity index (χ0v) is 24.6. The number of methoxy groups -OCH3 is 2. The van der Waals surface area contributed by atoms with Crippen molar-refractivity contribution in [3.05, 3.63) is 113 Å². The largest absolute Gasteiger partial charge is 0.497 e. The molecule has 1 aromatic heterocycles. The first kappa shape index (κ1) is 26.7. The van der Waals surface area contributed by atoms with Crippen molar-refractivity contribution in [2.24, 2.45) is 4.99 Å². The van der Waals surface area contributed by atoms with Crippen molar-refractivity contribution < 1.29 is 19.1 Å². The van der Waals surface area contributed by atoms with Gasteiger partial charge in [-0.1, -0.05) is 45.5 Å². The quantitative estimate of drug-likeness (QED) is 0.347. The summed E-state index contributed by atoms with van der Waals surface area (Å²) in [5.74, 6) is 0.201. The molecule has 41 heavy (non-hydrogen) atoms. The highest BCUT2D eigenvalue weighted by atomic mass is 79.9. The highest BCUT2D eigenvalue weighted by Crippen LogP contribution is 2.38. The third-order valence-electron chi connectivity index (χ3n) is 6.96. The number of nitrogens with one attached hydrogen (secondary N) is 2. The number of halogens is 1. The molecule has 0 saturated heterocycles. The Morgan fingerprint density at radius 3 is 2.56 bits per heavy atom. The van der Waals surface area contributed by atoms with Gasteiger partial charge in [-0.2, -0.15) is 0 Å². The van der Waals surface area contributed by atoms with Gasteiger partial charge in [0.2, 0.25) is 0 Å². The van der Waals surface area contributed by atoms with Crippen LogP contribution >= 0.6 is 27.3 Å². The van der Waals surface area contributed by atoms with Gasteiger partial charge >= 0.3 is 0 Å². The summed E-state index contributed by atoms with van der Waals surface area (Å²) in [6, 6.07) is 18.8. The number of anilines is 2. The molecule has 2 aliphatic heterocycles. The van der Waals surface area contributed by atoms with E-state index in [2.05, 4.69) is 31.6 Å². The number of carbonyl (C=O) groups is 2. The van der Waals surface area contributed by atoms with Gasteiger partial charge in [0.05, 0.1) is 31.1 Å². The second kappa shape index (κ2) is 10.5. The maximum absolute atomic E-state index is 14.3. The molecule has 0 radical (unpaired) electrons. The predicted molar refractivity (Wildman–Crippen MR) is 160 cm³/mol. The van der Waals surface area contributed by atoms with E-state index in [0.717, 1.165) is 15.8 Å². The van der Waals surface area contributed by atoms with E-state index < -0.39 is 17.5 Å². The van der Waals surface area contributed by atoms with Crippen LogP contribution in [0.3, 0.4) is 0 Å². The van der Waals surface area contributed by atoms with E-state index in [9.17, 15) is 14.4 Å². The van der Waals surface area contributed by atoms with Crippen LogP contribution in [0.25, 0.3) is 5.57 Å². The first-order valence-electron chi connectivity index (χ1n) is 12.6. The zero-order valence-electron chi connectivity index (χ0n) is 22.2. The van der Waals surface area contributed by atoms with Crippen LogP contribution in [0.1, 0.15) is 24.1 Å². The summed E-state index contributed by atoms with van der Waals surface area (Å²) in [5, 5.41) is 5.77. The number of carbonyl (C=O) groups excluding carboxylic acids is 2. The van der Waals surface area contributed by atoms with Crippen LogP contribution in [0, 0.1) is 0 Å². The Morgan fingerprint density at radius 2 is 1.83 bits per heavy atom. The van der Waals surface area contributed by atoms with E-state index in [4.69, 9.17) is 9.47 Å². The number of ether oxygens (including phenoxy) is 2. The summed E-state index contributed by atoms with van der Waals surface area (Å²) >= 11 is 4.57. The van der Waals surface area contributed by atoms with Crippen molar-refractivity contribution in [1.82, 2.24) is 4.57 Å². The number of amides is 2. The number of benzene rings is 3. The number of hydrogen-bond donors (Lipinski definition) is 2. The lowest BCUT2D eigenvalue weighted by atomic mass is 9.94. The van der Waals surface area contributed by atoms with E-state index >= 15 is 0 Å². The van der Waals surface area contributed by atoms with Crippen molar-refractivity contribution >= 4 is 56.0 Å². The van der Waals surface area contributed by atoms with Gasteiger partial charge in [-0.25, -0.2) is 4.99 Å². The minimum Gasteiger partial charge on any atom is -0.497 e. The third-order valence-corrected chi connectivity index (χ3v) is 8.51. The van der Waals surface area contributed by atoms with Gasteiger partial charge in [-0.15, -0.1) is 0 Å². The average Bonchev–Trinajstić information content (AvgIpc) is 3.46. The Morgan fingerprint density at radius 1 is 1.05 bits per heavy atom. The average molecular weight is 632 g/mol. The Kier molecular flexibility index (Phi) is 6.84. The summed E-state index contributed by atoms with van der Waals surface area (Å²) in [6.45, 7) is 1.73. The molecule has 2 aliphatic rings. The first-order valence-corrected chi connectivity index (χ1v) is 14.2. The normalized spacial score (nSPS) is 16.9. The molecule has 0 fully saturated rings. The van der Waals surface area contributed by atoms with Crippen LogP contribution in [-0.2, 0) is 9.59 Å². The van der Waals surface area contributed by atoms with E-state index in [0.29, 0.717) is 44.5 Å². The summed E-state index contributed by atoms with van der Waals surface area (Å²) in [5.41, 5.74) is 2.95. The molecule has 9 nitrogen and oxygen atoms in total. The van der Waals surface area contributed by atoms with Gasteiger partial charge in [0.25, 0.3) is 17.4 Å². The lowest BCUT2D eigenvalue weighted by Crippen LogP contribution is -2.41. The predicted octanol–water partition coefficient (Wildman–Crippen LogP) is 3.98. The molecule has 206 valence electrons. The maximum Gasteiger partial charge on any atom is 0.271 e. The molecular weight excluding hydrogens is 608 g/mol. The number of fused-ring (bicyclic) bond motifs is 2. The molecule has 0 spiro atoms. The molecule has 0 unspecified atom stereocenters. The number of aromatic nitrogens is 1.